The molecule has 0 bridgehead atoms. The monoisotopic (exact) mass is 238 g/mol. The second-order valence-electron chi connectivity index (χ2n) is 4.96. The first-order chi connectivity index (χ1) is 7.86. The highest BCUT2D eigenvalue weighted by molar-refractivity contribution is 5.42. The van der Waals surface area contributed by atoms with Gasteiger partial charge in [0, 0.05) is 25.2 Å². The Kier molecular flexibility index (Phi) is 4.28. The molecule has 0 aliphatic heterocycles. The number of hydrogen-bond acceptors (Lipinski definition) is 5. The zero-order valence-electron chi connectivity index (χ0n) is 11.3. The van der Waals surface area contributed by atoms with E-state index in [2.05, 4.69) is 23.8 Å². The van der Waals surface area contributed by atoms with Crippen molar-refractivity contribution >= 4 is 5.82 Å². The number of aromatic nitrogens is 2. The summed E-state index contributed by atoms with van der Waals surface area (Å²) in [6, 6.07) is 1.83. The summed E-state index contributed by atoms with van der Waals surface area (Å²) in [7, 11) is 1.97. The average Bonchev–Trinajstić information content (AvgIpc) is 2.27. The van der Waals surface area contributed by atoms with Crippen LogP contribution in [0.3, 0.4) is 0 Å². The predicted molar refractivity (Wildman–Crippen MR) is 69.3 cm³/mol. The highest BCUT2D eigenvalue weighted by Gasteiger charge is 2.23. The van der Waals surface area contributed by atoms with Crippen LogP contribution in [0.1, 0.15) is 27.7 Å². The van der Waals surface area contributed by atoms with Crippen molar-refractivity contribution in [2.45, 2.75) is 39.3 Å². The van der Waals surface area contributed by atoms with Gasteiger partial charge in [0.2, 0.25) is 5.88 Å². The summed E-state index contributed by atoms with van der Waals surface area (Å²) in [5.41, 5.74) is 5.60. The van der Waals surface area contributed by atoms with Gasteiger partial charge in [0.15, 0.2) is 0 Å². The van der Waals surface area contributed by atoms with Gasteiger partial charge in [-0.3, -0.25) is 0 Å². The fourth-order valence-electron chi connectivity index (χ4n) is 1.27. The third kappa shape index (κ3) is 3.56. The molecule has 0 saturated heterocycles. The number of hydrogen-bond donors (Lipinski definition) is 1. The van der Waals surface area contributed by atoms with Crippen LogP contribution in [0.5, 0.6) is 5.88 Å². The molecule has 1 aromatic heterocycles. The minimum Gasteiger partial charge on any atom is -0.475 e. The predicted octanol–water partition coefficient (Wildman–Crippen LogP) is 1.44. The molecule has 5 heteroatoms. The highest BCUT2D eigenvalue weighted by atomic mass is 16.5. The second kappa shape index (κ2) is 5.31. The first-order valence-corrected chi connectivity index (χ1v) is 5.79. The molecular weight excluding hydrogens is 216 g/mol. The molecule has 0 amide bonds. The van der Waals surface area contributed by atoms with Crippen LogP contribution in [0.4, 0.5) is 5.82 Å². The number of anilines is 1. The maximum Gasteiger partial charge on any atom is 0.218 e. The van der Waals surface area contributed by atoms with Crippen molar-refractivity contribution in [3.63, 3.8) is 0 Å². The number of rotatable bonds is 5. The first-order valence-electron chi connectivity index (χ1n) is 5.79. The van der Waals surface area contributed by atoms with Gasteiger partial charge in [0.25, 0.3) is 0 Å². The topological polar surface area (TPSA) is 64.3 Å². The van der Waals surface area contributed by atoms with Crippen molar-refractivity contribution in [1.82, 2.24) is 9.97 Å². The fraction of sp³-hybridized carbons (Fsp3) is 0.667. The van der Waals surface area contributed by atoms with Crippen LogP contribution < -0.4 is 15.4 Å². The van der Waals surface area contributed by atoms with E-state index >= 15 is 0 Å². The molecule has 1 rings (SSSR count). The van der Waals surface area contributed by atoms with Gasteiger partial charge in [-0.15, -0.1) is 0 Å². The Morgan fingerprint density at radius 3 is 2.59 bits per heavy atom. The lowest BCUT2D eigenvalue weighted by molar-refractivity contribution is 0.232. The van der Waals surface area contributed by atoms with Crippen molar-refractivity contribution < 1.29 is 4.74 Å². The van der Waals surface area contributed by atoms with Gasteiger partial charge >= 0.3 is 0 Å². The molecule has 0 atom stereocenters. The van der Waals surface area contributed by atoms with Gasteiger partial charge in [-0.05, 0) is 27.7 Å². The Bertz CT molecular complexity index is 365. The second-order valence-corrected chi connectivity index (χ2v) is 4.96. The number of nitrogens with zero attached hydrogens (tertiary/aromatic N) is 3. The van der Waals surface area contributed by atoms with E-state index in [4.69, 9.17) is 10.5 Å². The molecule has 0 aliphatic carbocycles. The van der Waals surface area contributed by atoms with E-state index in [0.717, 1.165) is 5.82 Å². The zero-order valence-corrected chi connectivity index (χ0v) is 11.3. The van der Waals surface area contributed by atoms with Crippen LogP contribution in [0.2, 0.25) is 0 Å². The van der Waals surface area contributed by atoms with E-state index < -0.39 is 0 Å². The minimum atomic E-state index is -0.149. The SMILES string of the molecule is CC(C)Oc1cc(N(C)C(C)(C)CN)ncn1. The molecule has 0 unspecified atom stereocenters. The van der Waals surface area contributed by atoms with Crippen LogP contribution >= 0.6 is 0 Å². The van der Waals surface area contributed by atoms with Gasteiger partial charge < -0.3 is 15.4 Å². The average molecular weight is 238 g/mol. The Morgan fingerprint density at radius 2 is 2.06 bits per heavy atom. The van der Waals surface area contributed by atoms with E-state index in [1.165, 1.54) is 6.33 Å². The number of ether oxygens (including phenoxy) is 1. The van der Waals surface area contributed by atoms with Crippen LogP contribution in [-0.4, -0.2) is 35.2 Å². The number of nitrogens with two attached hydrogens (primary N) is 1. The first kappa shape index (κ1) is 13.7. The van der Waals surface area contributed by atoms with E-state index in [1.807, 2.05) is 31.9 Å². The van der Waals surface area contributed by atoms with Crippen LogP contribution in [0.25, 0.3) is 0 Å². The van der Waals surface area contributed by atoms with Gasteiger partial charge in [-0.25, -0.2) is 9.97 Å². The van der Waals surface area contributed by atoms with Crippen LogP contribution in [0, 0.1) is 0 Å². The molecule has 17 heavy (non-hydrogen) atoms. The molecule has 0 radical (unpaired) electrons. The van der Waals surface area contributed by atoms with E-state index in [9.17, 15) is 0 Å². The molecule has 0 saturated carbocycles. The summed E-state index contributed by atoms with van der Waals surface area (Å²) in [5, 5.41) is 0. The molecule has 1 heterocycles. The summed E-state index contributed by atoms with van der Waals surface area (Å²) < 4.78 is 5.54. The quantitative estimate of drug-likeness (QED) is 0.841. The maximum absolute atomic E-state index is 5.75. The fourth-order valence-corrected chi connectivity index (χ4v) is 1.27. The molecular formula is C12H22N4O. The van der Waals surface area contributed by atoms with E-state index in [1.54, 1.807) is 0 Å². The van der Waals surface area contributed by atoms with Gasteiger partial charge in [-0.1, -0.05) is 0 Å². The zero-order chi connectivity index (χ0) is 13.1. The van der Waals surface area contributed by atoms with Crippen molar-refractivity contribution in [3.05, 3.63) is 12.4 Å². The van der Waals surface area contributed by atoms with Crippen molar-refractivity contribution in [2.75, 3.05) is 18.5 Å². The Morgan fingerprint density at radius 1 is 1.41 bits per heavy atom. The van der Waals surface area contributed by atoms with E-state index in [-0.39, 0.29) is 11.6 Å². The molecule has 0 aliphatic rings. The maximum atomic E-state index is 5.75. The molecule has 1 aromatic rings. The summed E-state index contributed by atoms with van der Waals surface area (Å²) >= 11 is 0. The number of likely N-dealkylation sites (N-methyl/N-ethyl adjacent to an activating group) is 1. The van der Waals surface area contributed by atoms with Gasteiger partial charge in [0.1, 0.15) is 12.1 Å². The lowest BCUT2D eigenvalue weighted by atomic mass is 10.0. The van der Waals surface area contributed by atoms with Gasteiger partial charge in [-0.2, -0.15) is 0 Å². The summed E-state index contributed by atoms with van der Waals surface area (Å²) in [5.74, 6) is 1.40. The molecule has 96 valence electrons. The Balaban J connectivity index is 2.91. The Labute approximate surface area is 103 Å². The largest absolute Gasteiger partial charge is 0.475 e. The van der Waals surface area contributed by atoms with Crippen LogP contribution in [-0.2, 0) is 0 Å². The molecule has 5 nitrogen and oxygen atoms in total. The summed E-state index contributed by atoms with van der Waals surface area (Å²) in [6.07, 6.45) is 1.61. The summed E-state index contributed by atoms with van der Waals surface area (Å²) in [4.78, 5) is 10.3. The molecule has 0 aromatic carbocycles. The van der Waals surface area contributed by atoms with Crippen molar-refractivity contribution in [1.29, 1.82) is 0 Å². The Hall–Kier alpha value is -1.36. The normalized spacial score (nSPS) is 11.7. The third-order valence-electron chi connectivity index (χ3n) is 2.74. The molecule has 0 spiro atoms. The molecule has 2 N–H and O–H groups in total. The summed E-state index contributed by atoms with van der Waals surface area (Å²) in [6.45, 7) is 8.62. The van der Waals surface area contributed by atoms with Crippen molar-refractivity contribution in [2.24, 2.45) is 5.73 Å². The standard InChI is InChI=1S/C12H22N4O/c1-9(2)17-11-6-10(14-8-15-11)16(5)12(3,4)7-13/h6,8-9H,7,13H2,1-5H3. The highest BCUT2D eigenvalue weighted by Crippen LogP contribution is 2.21. The minimum absolute atomic E-state index is 0.102. The third-order valence-corrected chi connectivity index (χ3v) is 2.74. The van der Waals surface area contributed by atoms with E-state index in [0.29, 0.717) is 12.4 Å². The lowest BCUT2D eigenvalue weighted by Gasteiger charge is -2.35. The van der Waals surface area contributed by atoms with Crippen molar-refractivity contribution in [3.8, 4) is 5.88 Å². The lowest BCUT2D eigenvalue weighted by Crippen LogP contribution is -2.47. The molecule has 0 fully saturated rings. The van der Waals surface area contributed by atoms with Crippen LogP contribution in [0.15, 0.2) is 12.4 Å². The smallest absolute Gasteiger partial charge is 0.218 e. The van der Waals surface area contributed by atoms with Gasteiger partial charge in [0.05, 0.1) is 6.10 Å².